The highest BCUT2D eigenvalue weighted by atomic mass is 32.2. The SMILES string of the molecule is C=CCOc1cccc2c1S[14CH2]CC2. The van der Waals surface area contributed by atoms with Crippen molar-refractivity contribution in [3.05, 3.63) is 36.4 Å². The highest BCUT2D eigenvalue weighted by molar-refractivity contribution is 7.99. The Bertz CT molecular complexity index is 333. The lowest BCUT2D eigenvalue weighted by atomic mass is 10.1. The molecule has 1 aliphatic heterocycles. The number of aryl methyl sites for hydroxylation is 1. The van der Waals surface area contributed by atoms with Crippen LogP contribution in [0.15, 0.2) is 35.7 Å². The predicted molar refractivity (Wildman–Crippen MR) is 61.2 cm³/mol. The van der Waals surface area contributed by atoms with Gasteiger partial charge in [-0.1, -0.05) is 24.8 Å². The summed E-state index contributed by atoms with van der Waals surface area (Å²) >= 11 is 1.91. The number of ether oxygens (including phenoxy) is 1. The minimum Gasteiger partial charge on any atom is -0.488 e. The Morgan fingerprint density at radius 2 is 2.50 bits per heavy atom. The van der Waals surface area contributed by atoms with E-state index in [1.165, 1.54) is 29.1 Å². The van der Waals surface area contributed by atoms with Crippen molar-refractivity contribution in [2.24, 2.45) is 0 Å². The molecule has 0 spiro atoms. The smallest absolute Gasteiger partial charge is 0.133 e. The molecule has 0 unspecified atom stereocenters. The van der Waals surface area contributed by atoms with Crippen LogP contribution in [0.2, 0.25) is 0 Å². The molecule has 0 atom stereocenters. The molecule has 1 aromatic carbocycles. The van der Waals surface area contributed by atoms with E-state index in [0.717, 1.165) is 5.75 Å². The van der Waals surface area contributed by atoms with Gasteiger partial charge in [0.05, 0.1) is 4.90 Å². The van der Waals surface area contributed by atoms with Gasteiger partial charge in [-0.05, 0) is 30.2 Å². The van der Waals surface area contributed by atoms with Gasteiger partial charge < -0.3 is 4.74 Å². The fourth-order valence-corrected chi connectivity index (χ4v) is 2.74. The number of rotatable bonds is 3. The summed E-state index contributed by atoms with van der Waals surface area (Å²) in [5, 5.41) is 0. The van der Waals surface area contributed by atoms with Gasteiger partial charge in [0.2, 0.25) is 0 Å². The molecule has 1 aliphatic rings. The van der Waals surface area contributed by atoms with Crippen molar-refractivity contribution in [2.45, 2.75) is 17.7 Å². The van der Waals surface area contributed by atoms with Gasteiger partial charge in [0.15, 0.2) is 0 Å². The number of fused-ring (bicyclic) bond motifs is 1. The van der Waals surface area contributed by atoms with Crippen LogP contribution in [0.4, 0.5) is 0 Å². The molecule has 0 fully saturated rings. The molecule has 0 radical (unpaired) electrons. The van der Waals surface area contributed by atoms with Crippen LogP contribution in [0.3, 0.4) is 0 Å². The molecule has 14 heavy (non-hydrogen) atoms. The van der Waals surface area contributed by atoms with Crippen molar-refractivity contribution < 1.29 is 4.74 Å². The fraction of sp³-hybridized carbons (Fsp3) is 0.333. The Labute approximate surface area is 89.2 Å². The maximum Gasteiger partial charge on any atom is 0.133 e. The van der Waals surface area contributed by atoms with Crippen LogP contribution in [0.5, 0.6) is 5.75 Å². The van der Waals surface area contributed by atoms with Gasteiger partial charge >= 0.3 is 0 Å². The van der Waals surface area contributed by atoms with E-state index in [4.69, 9.17) is 4.74 Å². The van der Waals surface area contributed by atoms with E-state index in [0.29, 0.717) is 6.61 Å². The van der Waals surface area contributed by atoms with Crippen LogP contribution < -0.4 is 4.74 Å². The minimum atomic E-state index is 0.594. The zero-order valence-corrected chi connectivity index (χ0v) is 8.98. The Morgan fingerprint density at radius 1 is 1.57 bits per heavy atom. The summed E-state index contributed by atoms with van der Waals surface area (Å²) in [5.74, 6) is 2.23. The van der Waals surface area contributed by atoms with Gasteiger partial charge in [-0.15, -0.1) is 11.8 Å². The van der Waals surface area contributed by atoms with E-state index < -0.39 is 0 Å². The summed E-state index contributed by atoms with van der Waals surface area (Å²) in [5.41, 5.74) is 1.43. The molecule has 0 aliphatic carbocycles. The number of hydrogen-bond donors (Lipinski definition) is 0. The molecule has 0 aromatic heterocycles. The molecule has 0 amide bonds. The first-order valence-corrected chi connectivity index (χ1v) is 5.89. The van der Waals surface area contributed by atoms with E-state index in [1.807, 2.05) is 17.8 Å². The third-order valence-corrected chi connectivity index (χ3v) is 3.50. The van der Waals surface area contributed by atoms with Crippen molar-refractivity contribution >= 4 is 11.8 Å². The first-order valence-electron chi connectivity index (χ1n) is 4.90. The Balaban J connectivity index is 2.25. The summed E-state index contributed by atoms with van der Waals surface area (Å²) < 4.78 is 5.61. The van der Waals surface area contributed by atoms with Crippen molar-refractivity contribution in [3.63, 3.8) is 0 Å². The largest absolute Gasteiger partial charge is 0.488 e. The maximum atomic E-state index is 5.61. The molecule has 0 bridgehead atoms. The van der Waals surface area contributed by atoms with E-state index >= 15 is 0 Å². The zero-order valence-electron chi connectivity index (χ0n) is 8.16. The van der Waals surface area contributed by atoms with E-state index in [2.05, 4.69) is 18.7 Å². The van der Waals surface area contributed by atoms with E-state index in [9.17, 15) is 0 Å². The summed E-state index contributed by atoms with van der Waals surface area (Å²) in [6, 6.07) is 6.31. The van der Waals surface area contributed by atoms with Gasteiger partial charge in [-0.2, -0.15) is 0 Å². The molecular formula is C12H14OS. The number of hydrogen-bond acceptors (Lipinski definition) is 2. The molecule has 1 heterocycles. The monoisotopic (exact) mass is 208 g/mol. The fourth-order valence-electron chi connectivity index (χ4n) is 1.62. The van der Waals surface area contributed by atoms with Gasteiger partial charge in [0.1, 0.15) is 12.4 Å². The normalized spacial score (nSPS) is 14.6. The topological polar surface area (TPSA) is 9.23 Å². The van der Waals surface area contributed by atoms with Crippen LogP contribution in [0.1, 0.15) is 12.0 Å². The molecule has 0 N–H and O–H groups in total. The van der Waals surface area contributed by atoms with Gasteiger partial charge in [0.25, 0.3) is 0 Å². The van der Waals surface area contributed by atoms with Crippen molar-refractivity contribution in [1.29, 1.82) is 0 Å². The van der Waals surface area contributed by atoms with Crippen LogP contribution in [0, 0.1) is 0 Å². The molecule has 1 nitrogen and oxygen atoms in total. The Kier molecular flexibility index (Phi) is 3.14. The third kappa shape index (κ3) is 1.95. The van der Waals surface area contributed by atoms with Crippen molar-refractivity contribution in [1.82, 2.24) is 0 Å². The molecule has 0 saturated heterocycles. The second-order valence-electron chi connectivity index (χ2n) is 3.30. The average Bonchev–Trinajstić information content (AvgIpc) is 2.26. The second kappa shape index (κ2) is 4.56. The molecule has 2 heteroatoms. The molecule has 2 rings (SSSR count). The van der Waals surface area contributed by atoms with Crippen molar-refractivity contribution in [2.75, 3.05) is 12.4 Å². The lowest BCUT2D eigenvalue weighted by Gasteiger charge is -2.18. The third-order valence-electron chi connectivity index (χ3n) is 2.25. The first-order chi connectivity index (χ1) is 6.92. The van der Waals surface area contributed by atoms with Crippen LogP contribution in [0.25, 0.3) is 0 Å². The highest BCUT2D eigenvalue weighted by Crippen LogP contribution is 2.37. The Morgan fingerprint density at radius 3 is 3.36 bits per heavy atom. The second-order valence-corrected chi connectivity index (χ2v) is 4.40. The van der Waals surface area contributed by atoms with E-state index in [1.54, 1.807) is 6.08 Å². The lowest BCUT2D eigenvalue weighted by Crippen LogP contribution is -2.02. The van der Waals surface area contributed by atoms with Gasteiger partial charge in [0, 0.05) is 0 Å². The quantitative estimate of drug-likeness (QED) is 0.705. The molecule has 1 aromatic rings. The molecular weight excluding hydrogens is 194 g/mol. The standard InChI is InChI=1S/C12H14OS/c1-2-8-13-11-7-3-5-10-6-4-9-14-12(10)11/h2-3,5,7H,1,4,6,8-9H2/i9+2. The predicted octanol–water partition coefficient (Wildman–Crippen LogP) is 3.29. The van der Waals surface area contributed by atoms with Crippen LogP contribution in [-0.4, -0.2) is 12.4 Å². The average molecular weight is 208 g/mol. The number of benzene rings is 1. The van der Waals surface area contributed by atoms with Gasteiger partial charge in [-0.25, -0.2) is 0 Å². The lowest BCUT2D eigenvalue weighted by molar-refractivity contribution is 0.353. The summed E-state index contributed by atoms with van der Waals surface area (Å²) in [4.78, 5) is 1.33. The minimum absolute atomic E-state index is 0.594. The zero-order chi connectivity index (χ0) is 9.80. The highest BCUT2D eigenvalue weighted by Gasteiger charge is 2.13. The van der Waals surface area contributed by atoms with Gasteiger partial charge in [-0.3, -0.25) is 0 Å². The maximum absolute atomic E-state index is 5.61. The van der Waals surface area contributed by atoms with Crippen molar-refractivity contribution in [3.8, 4) is 5.75 Å². The molecule has 74 valence electrons. The summed E-state index contributed by atoms with van der Waals surface area (Å²) in [6.45, 7) is 4.25. The Hall–Kier alpha value is -0.890. The number of thioether (sulfide) groups is 1. The summed E-state index contributed by atoms with van der Waals surface area (Å²) in [6.07, 6.45) is 4.25. The van der Waals surface area contributed by atoms with E-state index in [-0.39, 0.29) is 0 Å². The first kappa shape index (κ1) is 9.66. The van der Waals surface area contributed by atoms with Crippen LogP contribution >= 0.6 is 11.8 Å². The molecule has 0 saturated carbocycles. The summed E-state index contributed by atoms with van der Waals surface area (Å²) in [7, 11) is 0. The van der Waals surface area contributed by atoms with Crippen LogP contribution in [-0.2, 0) is 6.42 Å².